The van der Waals surface area contributed by atoms with Crippen LogP contribution in [0.15, 0.2) is 36.5 Å². The molecule has 0 saturated heterocycles. The molecule has 106 valence electrons. The van der Waals surface area contributed by atoms with E-state index in [1.165, 1.54) is 0 Å². The Morgan fingerprint density at radius 3 is 2.60 bits per heavy atom. The van der Waals surface area contributed by atoms with Crippen molar-refractivity contribution in [2.45, 2.75) is 13.5 Å². The van der Waals surface area contributed by atoms with Crippen molar-refractivity contribution in [3.63, 3.8) is 0 Å². The fourth-order valence-corrected chi connectivity index (χ4v) is 2.16. The molecule has 0 fully saturated rings. The van der Waals surface area contributed by atoms with Gasteiger partial charge in [0.15, 0.2) is 0 Å². The number of amides is 1. The van der Waals surface area contributed by atoms with Crippen LogP contribution < -0.4 is 0 Å². The summed E-state index contributed by atoms with van der Waals surface area (Å²) < 4.78 is 1.63. The van der Waals surface area contributed by atoms with Gasteiger partial charge in [0.25, 0.3) is 5.91 Å². The number of aryl methyl sites for hydroxylation is 2. The van der Waals surface area contributed by atoms with Crippen LogP contribution in [0.2, 0.25) is 0 Å². The quantitative estimate of drug-likeness (QED) is 0.895. The highest BCUT2D eigenvalue weighted by atomic mass is 16.3. The number of aliphatic hydroxyl groups is 1. The molecule has 0 aliphatic rings. The fraction of sp³-hybridized carbons (Fsp3) is 0.333. The summed E-state index contributed by atoms with van der Waals surface area (Å²) in [5, 5.41) is 13.4. The van der Waals surface area contributed by atoms with Gasteiger partial charge in [0.1, 0.15) is 0 Å². The van der Waals surface area contributed by atoms with Crippen molar-refractivity contribution in [1.29, 1.82) is 0 Å². The largest absolute Gasteiger partial charge is 0.395 e. The first kappa shape index (κ1) is 14.3. The number of carbonyl (C=O) groups is 1. The van der Waals surface area contributed by atoms with Gasteiger partial charge in [-0.1, -0.05) is 30.3 Å². The van der Waals surface area contributed by atoms with E-state index >= 15 is 0 Å². The average Bonchev–Trinajstić information content (AvgIpc) is 2.77. The molecule has 1 aromatic heterocycles. The summed E-state index contributed by atoms with van der Waals surface area (Å²) in [4.78, 5) is 14.2. The molecule has 5 nitrogen and oxygen atoms in total. The smallest absolute Gasteiger partial charge is 0.257 e. The highest BCUT2D eigenvalue weighted by molar-refractivity contribution is 5.95. The predicted molar refractivity (Wildman–Crippen MR) is 76.2 cm³/mol. The molecular weight excluding hydrogens is 254 g/mol. The monoisotopic (exact) mass is 273 g/mol. The van der Waals surface area contributed by atoms with E-state index in [4.69, 9.17) is 0 Å². The van der Waals surface area contributed by atoms with Crippen molar-refractivity contribution in [3.05, 3.63) is 53.3 Å². The standard InChI is InChI=1S/C15H19N3O2/c1-12-14(11-17(2)16-12)15(20)18(8-9-19)10-13-6-4-3-5-7-13/h3-7,11,19H,8-10H2,1-2H3. The Balaban J connectivity index is 2.20. The summed E-state index contributed by atoms with van der Waals surface area (Å²) >= 11 is 0. The summed E-state index contributed by atoms with van der Waals surface area (Å²) in [5.41, 5.74) is 2.32. The molecule has 1 aromatic carbocycles. The van der Waals surface area contributed by atoms with E-state index in [1.807, 2.05) is 37.3 Å². The average molecular weight is 273 g/mol. The van der Waals surface area contributed by atoms with Gasteiger partial charge in [-0.2, -0.15) is 5.10 Å². The lowest BCUT2D eigenvalue weighted by molar-refractivity contribution is 0.0707. The van der Waals surface area contributed by atoms with Crippen LogP contribution in [0, 0.1) is 6.92 Å². The molecule has 5 heteroatoms. The van der Waals surface area contributed by atoms with Gasteiger partial charge < -0.3 is 10.0 Å². The van der Waals surface area contributed by atoms with Crippen LogP contribution in [0.25, 0.3) is 0 Å². The first-order chi connectivity index (χ1) is 9.61. The third kappa shape index (κ3) is 3.24. The zero-order chi connectivity index (χ0) is 14.5. The molecule has 0 atom stereocenters. The summed E-state index contributed by atoms with van der Waals surface area (Å²) in [6.07, 6.45) is 1.72. The Bertz CT molecular complexity index is 578. The first-order valence-electron chi connectivity index (χ1n) is 6.56. The maximum atomic E-state index is 12.5. The molecule has 0 radical (unpaired) electrons. The molecule has 1 N–H and O–H groups in total. The minimum Gasteiger partial charge on any atom is -0.395 e. The lowest BCUT2D eigenvalue weighted by Crippen LogP contribution is -2.33. The summed E-state index contributed by atoms with van der Waals surface area (Å²) in [6, 6.07) is 9.74. The Morgan fingerprint density at radius 2 is 2.05 bits per heavy atom. The molecule has 20 heavy (non-hydrogen) atoms. The Labute approximate surface area is 118 Å². The molecule has 0 unspecified atom stereocenters. The Kier molecular flexibility index (Phi) is 4.53. The van der Waals surface area contributed by atoms with Crippen molar-refractivity contribution in [2.24, 2.45) is 7.05 Å². The van der Waals surface area contributed by atoms with Gasteiger partial charge in [-0.15, -0.1) is 0 Å². The molecule has 0 aliphatic carbocycles. The van der Waals surface area contributed by atoms with Crippen molar-refractivity contribution in [2.75, 3.05) is 13.2 Å². The van der Waals surface area contributed by atoms with E-state index in [0.717, 1.165) is 5.56 Å². The normalized spacial score (nSPS) is 10.6. The molecule has 0 saturated carbocycles. The van der Waals surface area contributed by atoms with Crippen LogP contribution in [0.5, 0.6) is 0 Å². The first-order valence-corrected chi connectivity index (χ1v) is 6.56. The van der Waals surface area contributed by atoms with Gasteiger partial charge in [0.05, 0.1) is 17.9 Å². The SMILES string of the molecule is Cc1nn(C)cc1C(=O)N(CCO)Cc1ccccc1. The topological polar surface area (TPSA) is 58.4 Å². The molecule has 0 aliphatic heterocycles. The third-order valence-corrected chi connectivity index (χ3v) is 3.12. The number of hydrogen-bond acceptors (Lipinski definition) is 3. The highest BCUT2D eigenvalue weighted by Gasteiger charge is 2.19. The van der Waals surface area contributed by atoms with Gasteiger partial charge in [-0.25, -0.2) is 0 Å². The molecule has 1 heterocycles. The van der Waals surface area contributed by atoms with Crippen molar-refractivity contribution in [3.8, 4) is 0 Å². The van der Waals surface area contributed by atoms with Crippen LogP contribution >= 0.6 is 0 Å². The Hall–Kier alpha value is -2.14. The van der Waals surface area contributed by atoms with Gasteiger partial charge in [-0.3, -0.25) is 9.48 Å². The van der Waals surface area contributed by atoms with Gasteiger partial charge in [-0.05, 0) is 12.5 Å². The molecule has 2 rings (SSSR count). The van der Waals surface area contributed by atoms with Gasteiger partial charge in [0, 0.05) is 26.3 Å². The van der Waals surface area contributed by atoms with Crippen LogP contribution in [-0.4, -0.2) is 38.8 Å². The second-order valence-corrected chi connectivity index (χ2v) is 4.74. The number of benzene rings is 1. The van der Waals surface area contributed by atoms with Crippen LogP contribution in [0.1, 0.15) is 21.6 Å². The zero-order valence-electron chi connectivity index (χ0n) is 11.8. The van der Waals surface area contributed by atoms with E-state index in [0.29, 0.717) is 24.3 Å². The lowest BCUT2D eigenvalue weighted by Gasteiger charge is -2.21. The number of aliphatic hydroxyl groups excluding tert-OH is 1. The van der Waals surface area contributed by atoms with Crippen LogP contribution in [0.3, 0.4) is 0 Å². The lowest BCUT2D eigenvalue weighted by atomic mass is 10.2. The molecule has 2 aromatic rings. The van der Waals surface area contributed by atoms with Gasteiger partial charge in [0.2, 0.25) is 0 Å². The van der Waals surface area contributed by atoms with Crippen molar-refractivity contribution < 1.29 is 9.90 Å². The maximum Gasteiger partial charge on any atom is 0.257 e. The van der Waals surface area contributed by atoms with Crippen molar-refractivity contribution in [1.82, 2.24) is 14.7 Å². The molecule has 1 amide bonds. The van der Waals surface area contributed by atoms with Gasteiger partial charge >= 0.3 is 0 Å². The second kappa shape index (κ2) is 6.34. The number of hydrogen-bond donors (Lipinski definition) is 1. The maximum absolute atomic E-state index is 12.5. The van der Waals surface area contributed by atoms with E-state index in [9.17, 15) is 9.90 Å². The third-order valence-electron chi connectivity index (χ3n) is 3.12. The van der Waals surface area contributed by atoms with E-state index < -0.39 is 0 Å². The second-order valence-electron chi connectivity index (χ2n) is 4.74. The minimum absolute atomic E-state index is 0.0577. The Morgan fingerprint density at radius 1 is 1.35 bits per heavy atom. The zero-order valence-corrected chi connectivity index (χ0v) is 11.8. The van der Waals surface area contributed by atoms with Crippen molar-refractivity contribution >= 4 is 5.91 Å². The van der Waals surface area contributed by atoms with Crippen LogP contribution in [0.4, 0.5) is 0 Å². The molecule has 0 bridgehead atoms. The predicted octanol–water partition coefficient (Wildman–Crippen LogP) is 1.36. The van der Waals surface area contributed by atoms with Crippen LogP contribution in [-0.2, 0) is 13.6 Å². The van der Waals surface area contributed by atoms with E-state index in [-0.39, 0.29) is 12.5 Å². The van der Waals surface area contributed by atoms with E-state index in [1.54, 1.807) is 22.8 Å². The summed E-state index contributed by atoms with van der Waals surface area (Å²) in [6.45, 7) is 2.54. The highest BCUT2D eigenvalue weighted by Crippen LogP contribution is 2.12. The van der Waals surface area contributed by atoms with E-state index in [2.05, 4.69) is 5.10 Å². The number of carbonyl (C=O) groups excluding carboxylic acids is 1. The number of aromatic nitrogens is 2. The summed E-state index contributed by atoms with van der Waals surface area (Å²) in [7, 11) is 1.79. The molecular formula is C15H19N3O2. The molecule has 0 spiro atoms. The fourth-order valence-electron chi connectivity index (χ4n) is 2.16. The number of nitrogens with zero attached hydrogens (tertiary/aromatic N) is 3. The summed E-state index contributed by atoms with van der Waals surface area (Å²) in [5.74, 6) is -0.103. The number of rotatable bonds is 5. The minimum atomic E-state index is -0.103.